The molecule has 0 spiro atoms. The summed E-state index contributed by atoms with van der Waals surface area (Å²) in [5.41, 5.74) is 1.18. The van der Waals surface area contributed by atoms with Gasteiger partial charge in [0.05, 0.1) is 12.5 Å². The summed E-state index contributed by atoms with van der Waals surface area (Å²) in [6.07, 6.45) is 0.535. The summed E-state index contributed by atoms with van der Waals surface area (Å²) in [6.45, 7) is 2.78. The van der Waals surface area contributed by atoms with Gasteiger partial charge >= 0.3 is 0 Å². The highest BCUT2D eigenvalue weighted by Gasteiger charge is 1.99. The second-order valence-electron chi connectivity index (χ2n) is 3.27. The van der Waals surface area contributed by atoms with Gasteiger partial charge in [-0.2, -0.15) is 5.26 Å². The summed E-state index contributed by atoms with van der Waals surface area (Å²) < 4.78 is 0. The van der Waals surface area contributed by atoms with Crippen LogP contribution < -0.4 is 5.32 Å². The molecule has 0 aromatic heterocycles. The first-order valence-electron chi connectivity index (χ1n) is 4.57. The zero-order valence-corrected chi connectivity index (χ0v) is 8.88. The first-order valence-corrected chi connectivity index (χ1v) is 4.95. The Balaban J connectivity index is 2.39. The van der Waals surface area contributed by atoms with E-state index in [1.54, 1.807) is 0 Å². The largest absolute Gasteiger partial charge is 0.309 e. The lowest BCUT2D eigenvalue weighted by Crippen LogP contribution is -2.24. The third-order valence-corrected chi connectivity index (χ3v) is 2.22. The molecule has 74 valence electrons. The molecule has 0 heterocycles. The molecule has 0 fully saturated rings. The van der Waals surface area contributed by atoms with E-state index >= 15 is 0 Å². The van der Waals surface area contributed by atoms with Gasteiger partial charge in [0.25, 0.3) is 0 Å². The third kappa shape index (κ3) is 3.78. The number of nitrogens with one attached hydrogen (secondary N) is 1. The van der Waals surface area contributed by atoms with Crippen molar-refractivity contribution in [1.29, 1.82) is 5.26 Å². The van der Waals surface area contributed by atoms with Crippen LogP contribution in [-0.4, -0.2) is 6.04 Å². The maximum absolute atomic E-state index is 8.46. The van der Waals surface area contributed by atoms with Crippen LogP contribution in [0.4, 0.5) is 0 Å². The topological polar surface area (TPSA) is 35.8 Å². The van der Waals surface area contributed by atoms with Crippen molar-refractivity contribution in [3.05, 3.63) is 34.9 Å². The van der Waals surface area contributed by atoms with Gasteiger partial charge in [0.15, 0.2) is 0 Å². The van der Waals surface area contributed by atoms with Gasteiger partial charge in [-0.25, -0.2) is 0 Å². The molecular formula is C11H13ClN2. The van der Waals surface area contributed by atoms with Gasteiger partial charge in [-0.3, -0.25) is 0 Å². The summed E-state index contributed by atoms with van der Waals surface area (Å²) in [6, 6.07) is 10.1. The first kappa shape index (κ1) is 11.0. The standard InChI is InChI=1S/C11H13ClN2/c1-9(6-7-13)14-8-10-2-4-11(12)5-3-10/h2-5,9,14H,6,8H2,1H3. The Morgan fingerprint density at radius 2 is 2.07 bits per heavy atom. The van der Waals surface area contributed by atoms with E-state index in [0.717, 1.165) is 11.6 Å². The monoisotopic (exact) mass is 208 g/mol. The number of nitrogens with zero attached hydrogens (tertiary/aromatic N) is 1. The van der Waals surface area contributed by atoms with Crippen molar-refractivity contribution in [3.8, 4) is 6.07 Å². The number of hydrogen-bond acceptors (Lipinski definition) is 2. The third-order valence-electron chi connectivity index (χ3n) is 1.97. The molecule has 1 rings (SSSR count). The van der Waals surface area contributed by atoms with E-state index in [-0.39, 0.29) is 6.04 Å². The predicted molar refractivity (Wildman–Crippen MR) is 58.0 cm³/mol. The molecule has 0 aliphatic carbocycles. The number of rotatable bonds is 4. The van der Waals surface area contributed by atoms with Crippen LogP contribution in [0.5, 0.6) is 0 Å². The SMILES string of the molecule is CC(CC#N)NCc1ccc(Cl)cc1. The summed E-state index contributed by atoms with van der Waals surface area (Å²) >= 11 is 5.76. The van der Waals surface area contributed by atoms with Gasteiger partial charge in [-0.15, -0.1) is 0 Å². The van der Waals surface area contributed by atoms with E-state index < -0.39 is 0 Å². The van der Waals surface area contributed by atoms with Crippen molar-refractivity contribution in [1.82, 2.24) is 5.32 Å². The maximum Gasteiger partial charge on any atom is 0.0638 e. The minimum absolute atomic E-state index is 0.232. The minimum Gasteiger partial charge on any atom is -0.309 e. The van der Waals surface area contributed by atoms with E-state index in [1.807, 2.05) is 31.2 Å². The van der Waals surface area contributed by atoms with Crippen molar-refractivity contribution < 1.29 is 0 Å². The summed E-state index contributed by atoms with van der Waals surface area (Å²) in [5, 5.41) is 12.5. The Morgan fingerprint density at radius 3 is 2.64 bits per heavy atom. The molecule has 2 nitrogen and oxygen atoms in total. The van der Waals surface area contributed by atoms with Crippen LogP contribution in [0.2, 0.25) is 5.02 Å². The molecule has 3 heteroatoms. The van der Waals surface area contributed by atoms with Crippen molar-refractivity contribution in [2.45, 2.75) is 25.9 Å². The summed E-state index contributed by atoms with van der Waals surface area (Å²) in [4.78, 5) is 0. The molecule has 1 aromatic carbocycles. The Kier molecular flexibility index (Phi) is 4.45. The Labute approximate surface area is 89.5 Å². The van der Waals surface area contributed by atoms with E-state index in [1.165, 1.54) is 5.56 Å². The average Bonchev–Trinajstić information content (AvgIpc) is 2.17. The highest BCUT2D eigenvalue weighted by molar-refractivity contribution is 6.30. The van der Waals surface area contributed by atoms with Crippen molar-refractivity contribution in [2.24, 2.45) is 0 Å². The predicted octanol–water partition coefficient (Wildman–Crippen LogP) is 2.73. The van der Waals surface area contributed by atoms with Gasteiger partial charge in [-0.1, -0.05) is 23.7 Å². The van der Waals surface area contributed by atoms with E-state index in [4.69, 9.17) is 16.9 Å². The zero-order chi connectivity index (χ0) is 10.4. The molecule has 14 heavy (non-hydrogen) atoms. The Morgan fingerprint density at radius 1 is 1.43 bits per heavy atom. The number of benzene rings is 1. The molecule has 0 radical (unpaired) electrons. The lowest BCUT2D eigenvalue weighted by Gasteiger charge is -2.09. The Bertz CT molecular complexity index is 313. The molecule has 0 bridgehead atoms. The van der Waals surface area contributed by atoms with Crippen molar-refractivity contribution in [2.75, 3.05) is 0 Å². The molecule has 1 aromatic rings. The van der Waals surface area contributed by atoms with Crippen LogP contribution >= 0.6 is 11.6 Å². The molecule has 0 aliphatic rings. The van der Waals surface area contributed by atoms with Crippen LogP contribution in [0.1, 0.15) is 18.9 Å². The van der Waals surface area contributed by atoms with Crippen LogP contribution in [-0.2, 0) is 6.54 Å². The van der Waals surface area contributed by atoms with Crippen LogP contribution in [0.15, 0.2) is 24.3 Å². The van der Waals surface area contributed by atoms with Gasteiger partial charge in [0.1, 0.15) is 0 Å². The zero-order valence-electron chi connectivity index (χ0n) is 8.13. The number of hydrogen-bond donors (Lipinski definition) is 1. The molecule has 0 saturated carbocycles. The fraction of sp³-hybridized carbons (Fsp3) is 0.364. The average molecular weight is 209 g/mol. The van der Waals surface area contributed by atoms with Gasteiger partial charge in [0.2, 0.25) is 0 Å². The molecule has 1 unspecified atom stereocenters. The smallest absolute Gasteiger partial charge is 0.0638 e. The van der Waals surface area contributed by atoms with Crippen LogP contribution in [0.3, 0.4) is 0 Å². The summed E-state index contributed by atoms with van der Waals surface area (Å²) in [5.74, 6) is 0. The second-order valence-corrected chi connectivity index (χ2v) is 3.71. The fourth-order valence-electron chi connectivity index (χ4n) is 1.10. The van der Waals surface area contributed by atoms with Gasteiger partial charge in [0, 0.05) is 17.6 Å². The van der Waals surface area contributed by atoms with Crippen molar-refractivity contribution >= 4 is 11.6 Å². The molecular weight excluding hydrogens is 196 g/mol. The Hall–Kier alpha value is -1.04. The van der Waals surface area contributed by atoms with Crippen LogP contribution in [0, 0.1) is 11.3 Å². The molecule has 1 N–H and O–H groups in total. The van der Waals surface area contributed by atoms with E-state index in [0.29, 0.717) is 6.42 Å². The second kappa shape index (κ2) is 5.64. The van der Waals surface area contributed by atoms with E-state index in [9.17, 15) is 0 Å². The highest BCUT2D eigenvalue weighted by Crippen LogP contribution is 2.09. The van der Waals surface area contributed by atoms with E-state index in [2.05, 4.69) is 11.4 Å². The molecule has 0 saturated heterocycles. The summed E-state index contributed by atoms with van der Waals surface area (Å²) in [7, 11) is 0. The fourth-order valence-corrected chi connectivity index (χ4v) is 1.23. The molecule has 0 aliphatic heterocycles. The molecule has 0 amide bonds. The van der Waals surface area contributed by atoms with Crippen molar-refractivity contribution in [3.63, 3.8) is 0 Å². The normalized spacial score (nSPS) is 12.1. The maximum atomic E-state index is 8.46. The number of halogens is 1. The lowest BCUT2D eigenvalue weighted by molar-refractivity contribution is 0.557. The number of nitriles is 1. The first-order chi connectivity index (χ1) is 6.72. The van der Waals surface area contributed by atoms with Crippen LogP contribution in [0.25, 0.3) is 0 Å². The minimum atomic E-state index is 0.232. The quantitative estimate of drug-likeness (QED) is 0.826. The molecule has 1 atom stereocenters. The lowest BCUT2D eigenvalue weighted by atomic mass is 10.2. The van der Waals surface area contributed by atoms with Gasteiger partial charge < -0.3 is 5.32 Å². The highest BCUT2D eigenvalue weighted by atomic mass is 35.5. The van der Waals surface area contributed by atoms with Gasteiger partial charge in [-0.05, 0) is 24.6 Å².